The topological polar surface area (TPSA) is 83.6 Å². The summed E-state index contributed by atoms with van der Waals surface area (Å²) in [6, 6.07) is 13.6. The first-order valence-electron chi connectivity index (χ1n) is 10.0. The van der Waals surface area contributed by atoms with Crippen LogP contribution in [0, 0.1) is 5.92 Å². The number of Topliss-reactive ketones (excluding diaryl/α,β-unsaturated/α-hetero) is 1. The molecule has 6 nitrogen and oxygen atoms in total. The first-order chi connectivity index (χ1) is 14.1. The van der Waals surface area contributed by atoms with Gasteiger partial charge in [0.1, 0.15) is 0 Å². The van der Waals surface area contributed by atoms with E-state index in [4.69, 9.17) is 0 Å². The van der Waals surface area contributed by atoms with Crippen LogP contribution in [0.3, 0.4) is 0 Å². The van der Waals surface area contributed by atoms with Crippen LogP contribution in [-0.4, -0.2) is 38.0 Å². The number of benzene rings is 2. The minimum absolute atomic E-state index is 0.0402. The van der Waals surface area contributed by atoms with Gasteiger partial charge in [-0.05, 0) is 42.5 Å². The lowest BCUT2D eigenvalue weighted by Crippen LogP contribution is -2.41. The summed E-state index contributed by atoms with van der Waals surface area (Å²) in [7, 11) is -2.48. The lowest BCUT2D eigenvalue weighted by atomic mass is 9.95. The lowest BCUT2D eigenvalue weighted by molar-refractivity contribution is -0.122. The fourth-order valence-electron chi connectivity index (χ4n) is 3.14. The van der Waals surface area contributed by atoms with Crippen LogP contribution in [0.15, 0.2) is 53.4 Å². The second-order valence-corrected chi connectivity index (χ2v) is 9.77. The Kier molecular flexibility index (Phi) is 7.92. The maximum absolute atomic E-state index is 12.8. The van der Waals surface area contributed by atoms with E-state index in [0.717, 1.165) is 16.3 Å². The van der Waals surface area contributed by atoms with E-state index in [1.165, 1.54) is 43.8 Å². The molecule has 0 aliphatic carbocycles. The molecule has 1 atom stereocenters. The monoisotopic (exact) mass is 430 g/mol. The Hall–Kier alpha value is -2.51. The van der Waals surface area contributed by atoms with Crippen molar-refractivity contribution in [3.63, 3.8) is 0 Å². The second-order valence-electron chi connectivity index (χ2n) is 7.73. The molecule has 162 valence electrons. The molecule has 0 saturated carbocycles. The molecule has 0 spiro atoms. The van der Waals surface area contributed by atoms with E-state index in [9.17, 15) is 18.0 Å². The van der Waals surface area contributed by atoms with E-state index in [0.29, 0.717) is 5.56 Å². The zero-order chi connectivity index (χ0) is 22.5. The molecular formula is C23H30N2O4S. The normalized spacial score (nSPS) is 12.8. The van der Waals surface area contributed by atoms with Crippen LogP contribution in [-0.2, 0) is 21.2 Å². The van der Waals surface area contributed by atoms with Crippen LogP contribution in [0.2, 0.25) is 0 Å². The highest BCUT2D eigenvalue weighted by molar-refractivity contribution is 7.89. The number of amides is 1. The van der Waals surface area contributed by atoms with Crippen LogP contribution in [0.1, 0.15) is 55.2 Å². The van der Waals surface area contributed by atoms with Gasteiger partial charge >= 0.3 is 0 Å². The molecule has 7 heteroatoms. The van der Waals surface area contributed by atoms with Crippen molar-refractivity contribution < 1.29 is 18.0 Å². The first-order valence-corrected chi connectivity index (χ1v) is 11.5. The molecular weight excluding hydrogens is 400 g/mol. The highest BCUT2D eigenvalue weighted by Gasteiger charge is 2.25. The van der Waals surface area contributed by atoms with Crippen molar-refractivity contribution in [1.29, 1.82) is 0 Å². The highest BCUT2D eigenvalue weighted by Crippen LogP contribution is 2.22. The van der Waals surface area contributed by atoms with Crippen molar-refractivity contribution in [1.82, 2.24) is 9.62 Å². The molecule has 0 fully saturated rings. The van der Waals surface area contributed by atoms with E-state index < -0.39 is 10.0 Å². The molecule has 2 aromatic carbocycles. The van der Waals surface area contributed by atoms with E-state index in [1.54, 1.807) is 0 Å². The van der Waals surface area contributed by atoms with Gasteiger partial charge in [0.25, 0.3) is 0 Å². The summed E-state index contributed by atoms with van der Waals surface area (Å²) < 4.78 is 26.6. The molecule has 0 bridgehead atoms. The Morgan fingerprint density at radius 2 is 1.57 bits per heavy atom. The molecule has 0 aliphatic heterocycles. The fraction of sp³-hybridized carbons (Fsp3) is 0.391. The van der Waals surface area contributed by atoms with Gasteiger partial charge in [-0.2, -0.15) is 4.31 Å². The molecule has 0 heterocycles. The quantitative estimate of drug-likeness (QED) is 0.616. The second kappa shape index (κ2) is 10.00. The molecule has 2 aromatic rings. The number of likely N-dealkylation sites (N-methyl/N-ethyl adjacent to an activating group) is 1. The van der Waals surface area contributed by atoms with Gasteiger partial charge in [0.2, 0.25) is 15.9 Å². The Morgan fingerprint density at radius 1 is 1.00 bits per heavy atom. The number of sulfonamides is 1. The predicted octanol–water partition coefficient (Wildman–Crippen LogP) is 3.59. The summed E-state index contributed by atoms with van der Waals surface area (Å²) in [6.07, 6.45) is 0.940. The van der Waals surface area contributed by atoms with Crippen molar-refractivity contribution in [2.24, 2.45) is 5.92 Å². The summed E-state index contributed by atoms with van der Waals surface area (Å²) in [5.41, 5.74) is 2.64. The van der Waals surface area contributed by atoms with Gasteiger partial charge in [-0.25, -0.2) is 8.42 Å². The Labute approximate surface area is 179 Å². The average molecular weight is 431 g/mol. The van der Waals surface area contributed by atoms with E-state index in [2.05, 4.69) is 12.2 Å². The highest BCUT2D eigenvalue weighted by atomic mass is 32.2. The molecule has 0 radical (unpaired) electrons. The first kappa shape index (κ1) is 23.8. The smallest absolute Gasteiger partial charge is 0.243 e. The van der Waals surface area contributed by atoms with Crippen molar-refractivity contribution in [3.05, 3.63) is 65.2 Å². The molecule has 30 heavy (non-hydrogen) atoms. The van der Waals surface area contributed by atoms with E-state index >= 15 is 0 Å². The Morgan fingerprint density at radius 3 is 2.03 bits per heavy atom. The molecule has 0 aliphatic rings. The number of hydrogen-bond acceptors (Lipinski definition) is 4. The fourth-order valence-corrected chi connectivity index (χ4v) is 4.27. The number of carbonyl (C=O) groups is 2. The van der Waals surface area contributed by atoms with E-state index in [-0.39, 0.29) is 35.1 Å². The Balaban J connectivity index is 2.11. The number of ketones is 1. The van der Waals surface area contributed by atoms with Crippen LogP contribution in [0.5, 0.6) is 0 Å². The summed E-state index contributed by atoms with van der Waals surface area (Å²) in [6.45, 7) is 7.22. The third-order valence-electron chi connectivity index (χ3n) is 5.07. The summed E-state index contributed by atoms with van der Waals surface area (Å²) in [4.78, 5) is 24.0. The lowest BCUT2D eigenvalue weighted by Gasteiger charge is -2.25. The van der Waals surface area contributed by atoms with Crippen LogP contribution in [0.4, 0.5) is 0 Å². The van der Waals surface area contributed by atoms with Gasteiger partial charge in [0.15, 0.2) is 5.78 Å². The maximum Gasteiger partial charge on any atom is 0.243 e. The van der Waals surface area contributed by atoms with Crippen molar-refractivity contribution in [3.8, 4) is 0 Å². The molecule has 1 amide bonds. The number of hydrogen-bond donors (Lipinski definition) is 1. The summed E-state index contributed by atoms with van der Waals surface area (Å²) in [5.74, 6) is -0.374. The van der Waals surface area contributed by atoms with Crippen LogP contribution < -0.4 is 5.32 Å². The SMILES string of the molecule is CCc1ccc(C(NC(=O)CN(C)S(=O)(=O)c2ccc(C(C)=O)cc2)C(C)C)cc1. The van der Waals surface area contributed by atoms with Gasteiger partial charge in [0.05, 0.1) is 17.5 Å². The third kappa shape index (κ3) is 5.77. The number of carbonyl (C=O) groups excluding carboxylic acids is 2. The number of rotatable bonds is 9. The van der Waals surface area contributed by atoms with Gasteiger partial charge in [-0.3, -0.25) is 9.59 Å². The Bertz CT molecular complexity index is 981. The molecule has 1 N–H and O–H groups in total. The predicted molar refractivity (Wildman–Crippen MR) is 118 cm³/mol. The maximum atomic E-state index is 12.8. The third-order valence-corrected chi connectivity index (χ3v) is 6.88. The number of aryl methyl sites for hydroxylation is 1. The van der Waals surface area contributed by atoms with Gasteiger partial charge in [0, 0.05) is 12.6 Å². The zero-order valence-electron chi connectivity index (χ0n) is 18.2. The van der Waals surface area contributed by atoms with Crippen molar-refractivity contribution in [2.75, 3.05) is 13.6 Å². The number of nitrogens with zero attached hydrogens (tertiary/aromatic N) is 1. The largest absolute Gasteiger partial charge is 0.348 e. The van der Waals surface area contributed by atoms with Crippen LogP contribution >= 0.6 is 0 Å². The molecule has 0 aromatic heterocycles. The molecule has 2 rings (SSSR count). The van der Waals surface area contributed by atoms with E-state index in [1.807, 2.05) is 38.1 Å². The minimum atomic E-state index is -3.84. The minimum Gasteiger partial charge on any atom is -0.348 e. The number of nitrogens with one attached hydrogen (secondary N) is 1. The van der Waals surface area contributed by atoms with Crippen molar-refractivity contribution >= 4 is 21.7 Å². The van der Waals surface area contributed by atoms with Gasteiger partial charge < -0.3 is 5.32 Å². The summed E-state index contributed by atoms with van der Waals surface area (Å²) in [5, 5.41) is 2.96. The van der Waals surface area contributed by atoms with Crippen LogP contribution in [0.25, 0.3) is 0 Å². The van der Waals surface area contributed by atoms with Crippen molar-refractivity contribution in [2.45, 2.75) is 45.1 Å². The molecule has 1 unspecified atom stereocenters. The summed E-state index contributed by atoms with van der Waals surface area (Å²) >= 11 is 0. The zero-order valence-corrected chi connectivity index (χ0v) is 19.0. The average Bonchev–Trinajstić information content (AvgIpc) is 2.71. The van der Waals surface area contributed by atoms with Gasteiger partial charge in [-0.15, -0.1) is 0 Å². The standard InChI is InChI=1S/C23H30N2O4S/c1-6-18-7-9-20(10-8-18)23(16(2)3)24-22(27)15-25(5)30(28,29)21-13-11-19(12-14-21)17(4)26/h7-14,16,23H,6,15H2,1-5H3,(H,24,27). The van der Waals surface area contributed by atoms with Gasteiger partial charge in [-0.1, -0.05) is 57.2 Å². The molecule has 0 saturated heterocycles.